The lowest BCUT2D eigenvalue weighted by molar-refractivity contribution is 0.0936. The zero-order valence-corrected chi connectivity index (χ0v) is 15.9. The maximum absolute atomic E-state index is 12.7. The number of nitrogens with one attached hydrogen (secondary N) is 2. The van der Waals surface area contributed by atoms with Crippen LogP contribution in [0, 0.1) is 0 Å². The van der Waals surface area contributed by atoms with Crippen molar-refractivity contribution >= 4 is 5.91 Å². The number of fused-ring (bicyclic) bond motifs is 1. The molecule has 1 aliphatic carbocycles. The van der Waals surface area contributed by atoms with Gasteiger partial charge in [0.15, 0.2) is 0 Å². The zero-order chi connectivity index (χ0) is 19.6. The number of hydrogen-bond donors (Lipinski definition) is 2. The molecule has 142 valence electrons. The number of benzene rings is 3. The van der Waals surface area contributed by atoms with Crippen LogP contribution in [0.4, 0.5) is 0 Å². The third-order valence-corrected chi connectivity index (χ3v) is 5.54. The Morgan fingerprint density at radius 3 is 2.48 bits per heavy atom. The molecule has 2 N–H and O–H groups in total. The lowest BCUT2D eigenvalue weighted by Crippen LogP contribution is -2.27. The van der Waals surface area contributed by atoms with Crippen LogP contribution in [-0.4, -0.2) is 16.1 Å². The van der Waals surface area contributed by atoms with Gasteiger partial charge < -0.3 is 5.32 Å². The van der Waals surface area contributed by atoms with Gasteiger partial charge in [0.25, 0.3) is 5.91 Å². The molecule has 4 heteroatoms. The molecule has 29 heavy (non-hydrogen) atoms. The van der Waals surface area contributed by atoms with Gasteiger partial charge in [-0.05, 0) is 47.7 Å². The largest absolute Gasteiger partial charge is 0.345 e. The first-order chi connectivity index (χ1) is 14.3. The predicted molar refractivity (Wildman–Crippen MR) is 114 cm³/mol. The van der Waals surface area contributed by atoms with E-state index in [0.717, 1.165) is 35.4 Å². The molecule has 1 heterocycles. The number of amides is 1. The van der Waals surface area contributed by atoms with Crippen LogP contribution in [0.25, 0.3) is 22.5 Å². The van der Waals surface area contributed by atoms with E-state index in [2.05, 4.69) is 33.7 Å². The molecule has 0 aliphatic heterocycles. The van der Waals surface area contributed by atoms with Crippen molar-refractivity contribution < 1.29 is 4.79 Å². The van der Waals surface area contributed by atoms with Crippen molar-refractivity contribution in [2.75, 3.05) is 0 Å². The normalized spacial score (nSPS) is 15.1. The third kappa shape index (κ3) is 3.45. The van der Waals surface area contributed by atoms with Gasteiger partial charge in [-0.15, -0.1) is 0 Å². The Hall–Kier alpha value is -3.66. The molecule has 1 amide bonds. The zero-order valence-electron chi connectivity index (χ0n) is 15.9. The molecular weight excluding hydrogens is 358 g/mol. The van der Waals surface area contributed by atoms with Crippen molar-refractivity contribution in [3.05, 3.63) is 102 Å². The summed E-state index contributed by atoms with van der Waals surface area (Å²) >= 11 is 0. The van der Waals surface area contributed by atoms with E-state index >= 15 is 0 Å². The Kier molecular flexibility index (Phi) is 4.45. The SMILES string of the molecule is O=C(NC1CCc2ccccc21)c1ccc(-c2cc(-c3ccccc3)n[nH]2)cc1. The summed E-state index contributed by atoms with van der Waals surface area (Å²) in [6.45, 7) is 0. The summed E-state index contributed by atoms with van der Waals surface area (Å²) in [4.78, 5) is 12.7. The second kappa shape index (κ2) is 7.40. The van der Waals surface area contributed by atoms with E-state index < -0.39 is 0 Å². The molecule has 1 aliphatic rings. The number of aryl methyl sites for hydroxylation is 1. The summed E-state index contributed by atoms with van der Waals surface area (Å²) in [5, 5.41) is 10.7. The van der Waals surface area contributed by atoms with Crippen LogP contribution in [0.2, 0.25) is 0 Å². The summed E-state index contributed by atoms with van der Waals surface area (Å²) in [5.41, 5.74) is 7.15. The fraction of sp³-hybridized carbons (Fsp3) is 0.120. The molecule has 0 bridgehead atoms. The second-order valence-corrected chi connectivity index (χ2v) is 7.37. The smallest absolute Gasteiger partial charge is 0.251 e. The minimum Gasteiger partial charge on any atom is -0.345 e. The average molecular weight is 379 g/mol. The maximum atomic E-state index is 12.7. The minimum atomic E-state index is -0.0344. The van der Waals surface area contributed by atoms with Crippen LogP contribution < -0.4 is 5.32 Å². The van der Waals surface area contributed by atoms with Crippen molar-refractivity contribution in [1.29, 1.82) is 0 Å². The molecular formula is C25H21N3O. The summed E-state index contributed by atoms with van der Waals surface area (Å²) in [7, 11) is 0. The van der Waals surface area contributed by atoms with Gasteiger partial charge in [0, 0.05) is 11.1 Å². The Bertz CT molecular complexity index is 1150. The number of aromatic nitrogens is 2. The van der Waals surface area contributed by atoms with E-state index in [1.54, 1.807) is 0 Å². The highest BCUT2D eigenvalue weighted by Crippen LogP contribution is 2.31. The fourth-order valence-corrected chi connectivity index (χ4v) is 3.98. The molecule has 1 atom stereocenters. The number of aromatic amines is 1. The molecule has 0 saturated carbocycles. The number of carbonyl (C=O) groups excluding carboxylic acids is 1. The van der Waals surface area contributed by atoms with Gasteiger partial charge in [-0.3, -0.25) is 9.89 Å². The molecule has 4 nitrogen and oxygen atoms in total. The van der Waals surface area contributed by atoms with Gasteiger partial charge in [-0.1, -0.05) is 66.7 Å². The van der Waals surface area contributed by atoms with E-state index in [9.17, 15) is 4.79 Å². The summed E-state index contributed by atoms with van der Waals surface area (Å²) in [5.74, 6) is -0.0344. The number of rotatable bonds is 4. The van der Waals surface area contributed by atoms with Crippen LogP contribution in [0.3, 0.4) is 0 Å². The van der Waals surface area contributed by atoms with Crippen molar-refractivity contribution in [2.24, 2.45) is 0 Å². The third-order valence-electron chi connectivity index (χ3n) is 5.54. The highest BCUT2D eigenvalue weighted by atomic mass is 16.1. The van der Waals surface area contributed by atoms with E-state index in [-0.39, 0.29) is 11.9 Å². The topological polar surface area (TPSA) is 57.8 Å². The average Bonchev–Trinajstić information content (AvgIpc) is 3.43. The molecule has 3 aromatic carbocycles. The van der Waals surface area contributed by atoms with Gasteiger partial charge in [-0.2, -0.15) is 5.10 Å². The first-order valence-corrected chi connectivity index (χ1v) is 9.88. The molecule has 0 spiro atoms. The van der Waals surface area contributed by atoms with E-state index in [1.807, 2.05) is 66.7 Å². The van der Waals surface area contributed by atoms with Crippen LogP contribution >= 0.6 is 0 Å². The van der Waals surface area contributed by atoms with Gasteiger partial charge >= 0.3 is 0 Å². The fourth-order valence-electron chi connectivity index (χ4n) is 3.98. The molecule has 0 fully saturated rings. The highest BCUT2D eigenvalue weighted by Gasteiger charge is 2.23. The second-order valence-electron chi connectivity index (χ2n) is 7.37. The molecule has 4 aromatic rings. The summed E-state index contributed by atoms with van der Waals surface area (Å²) < 4.78 is 0. The monoisotopic (exact) mass is 379 g/mol. The maximum Gasteiger partial charge on any atom is 0.251 e. The molecule has 1 unspecified atom stereocenters. The van der Waals surface area contributed by atoms with Crippen LogP contribution in [0.5, 0.6) is 0 Å². The van der Waals surface area contributed by atoms with Crippen LogP contribution in [-0.2, 0) is 6.42 Å². The number of carbonyl (C=O) groups is 1. The number of nitrogens with zero attached hydrogens (tertiary/aromatic N) is 1. The van der Waals surface area contributed by atoms with Gasteiger partial charge in [-0.25, -0.2) is 0 Å². The Balaban J connectivity index is 1.31. The quantitative estimate of drug-likeness (QED) is 0.514. The van der Waals surface area contributed by atoms with E-state index in [0.29, 0.717) is 5.56 Å². The number of hydrogen-bond acceptors (Lipinski definition) is 2. The predicted octanol–water partition coefficient (Wildman–Crippen LogP) is 5.16. The Morgan fingerprint density at radius 1 is 0.897 bits per heavy atom. The van der Waals surface area contributed by atoms with E-state index in [1.165, 1.54) is 11.1 Å². The van der Waals surface area contributed by atoms with Gasteiger partial charge in [0.2, 0.25) is 0 Å². The first kappa shape index (κ1) is 17.4. The van der Waals surface area contributed by atoms with E-state index in [4.69, 9.17) is 0 Å². The lowest BCUT2D eigenvalue weighted by Gasteiger charge is -2.14. The van der Waals surface area contributed by atoms with Crippen molar-refractivity contribution in [1.82, 2.24) is 15.5 Å². The number of H-pyrrole nitrogens is 1. The molecule has 1 aromatic heterocycles. The van der Waals surface area contributed by atoms with Crippen molar-refractivity contribution in [2.45, 2.75) is 18.9 Å². The van der Waals surface area contributed by atoms with Crippen molar-refractivity contribution in [3.8, 4) is 22.5 Å². The standard InChI is InChI=1S/C25H21N3O/c29-25(26-22-15-14-17-6-4-5-9-21(17)22)20-12-10-19(11-13-20)24-16-23(27-28-24)18-7-2-1-3-8-18/h1-13,16,22H,14-15H2,(H,26,29)(H,27,28). The lowest BCUT2D eigenvalue weighted by atomic mass is 10.1. The van der Waals surface area contributed by atoms with Crippen molar-refractivity contribution in [3.63, 3.8) is 0 Å². The van der Waals surface area contributed by atoms with Gasteiger partial charge in [0.05, 0.1) is 17.4 Å². The molecule has 0 radical (unpaired) electrons. The minimum absolute atomic E-state index is 0.0344. The Labute approximate surface area is 169 Å². The van der Waals surface area contributed by atoms with Gasteiger partial charge in [0.1, 0.15) is 0 Å². The Morgan fingerprint density at radius 2 is 1.66 bits per heavy atom. The highest BCUT2D eigenvalue weighted by molar-refractivity contribution is 5.95. The van der Waals surface area contributed by atoms with Crippen LogP contribution in [0.15, 0.2) is 84.9 Å². The van der Waals surface area contributed by atoms with Crippen LogP contribution in [0.1, 0.15) is 33.9 Å². The summed E-state index contributed by atoms with van der Waals surface area (Å²) in [6, 6.07) is 28.2. The molecule has 5 rings (SSSR count). The first-order valence-electron chi connectivity index (χ1n) is 9.88. The molecule has 0 saturated heterocycles. The summed E-state index contributed by atoms with van der Waals surface area (Å²) in [6.07, 6.45) is 1.98.